The summed E-state index contributed by atoms with van der Waals surface area (Å²) in [7, 11) is 0. The third-order valence-electron chi connectivity index (χ3n) is 0. The summed E-state index contributed by atoms with van der Waals surface area (Å²) in [5.41, 5.74) is -2.00. The van der Waals surface area contributed by atoms with Crippen molar-refractivity contribution in [1.82, 2.24) is 0 Å². The molecule has 0 aliphatic rings. The predicted octanol–water partition coefficient (Wildman–Crippen LogP) is 2.99. The summed E-state index contributed by atoms with van der Waals surface area (Å²) in [6.45, 7) is 20.9. The van der Waals surface area contributed by atoms with Crippen LogP contribution in [0.15, 0.2) is 0 Å². The summed E-state index contributed by atoms with van der Waals surface area (Å²) in [5.74, 6) is 0. The van der Waals surface area contributed by atoms with E-state index in [1.807, 2.05) is 0 Å². The molecule has 0 aromatic heterocycles. The molecule has 0 atom stereocenters. The molecule has 0 radical (unpaired) electrons. The van der Waals surface area contributed by atoms with Crippen LogP contribution in [-0.2, 0) is 23.2 Å². The molecule has 0 saturated carbocycles. The molecular formula is C16H40O5W. The van der Waals surface area contributed by atoms with Crippen LogP contribution in [-0.4, -0.2) is 42.8 Å². The number of rotatable bonds is 0. The number of aliphatic hydroxyl groups is 4. The molecule has 0 aromatic carbocycles. The molecule has 0 saturated heterocycles. The van der Waals surface area contributed by atoms with Crippen LogP contribution in [0.5, 0.6) is 0 Å². The van der Waals surface area contributed by atoms with Crippen molar-refractivity contribution in [2.45, 2.75) is 105 Å². The Kier molecular flexibility index (Phi) is 22.9. The first-order valence-corrected chi connectivity index (χ1v) is 8.26. The van der Waals surface area contributed by atoms with Gasteiger partial charge >= 0.3 is 23.2 Å². The second-order valence-corrected chi connectivity index (χ2v) is 8.68. The van der Waals surface area contributed by atoms with E-state index >= 15 is 0 Å². The first-order chi connectivity index (χ1) is 9.00. The van der Waals surface area contributed by atoms with Gasteiger partial charge in [-0.2, -0.15) is 0 Å². The van der Waals surface area contributed by atoms with E-state index in [2.05, 4.69) is 0 Å². The quantitative estimate of drug-likeness (QED) is 0.414. The van der Waals surface area contributed by atoms with E-state index < -0.39 is 22.4 Å². The third kappa shape index (κ3) is 70500. The van der Waals surface area contributed by atoms with Gasteiger partial charge in [-0.05, 0) is 83.1 Å². The van der Waals surface area contributed by atoms with E-state index in [1.54, 1.807) is 83.1 Å². The molecule has 4 N–H and O–H groups in total. The van der Waals surface area contributed by atoms with Gasteiger partial charge in [-0.3, -0.25) is 0 Å². The van der Waals surface area contributed by atoms with Gasteiger partial charge in [-0.15, -0.1) is 0 Å². The normalized spacial score (nSPS) is 11.1. The van der Waals surface area contributed by atoms with Gasteiger partial charge in [0.2, 0.25) is 0 Å². The Morgan fingerprint density at radius 2 is 0.409 bits per heavy atom. The Bertz CT molecular complexity index is 145. The molecule has 0 amide bonds. The van der Waals surface area contributed by atoms with Crippen molar-refractivity contribution >= 4 is 0 Å². The molecule has 0 heterocycles. The molecule has 6 heteroatoms. The molecule has 0 rings (SSSR count). The van der Waals surface area contributed by atoms with Crippen LogP contribution in [0.25, 0.3) is 0 Å². The van der Waals surface area contributed by atoms with E-state index in [9.17, 15) is 0 Å². The van der Waals surface area contributed by atoms with Crippen molar-refractivity contribution in [2.75, 3.05) is 0 Å². The number of hydrogen-bond donors (Lipinski definition) is 4. The fraction of sp³-hybridized carbons (Fsp3) is 1.00. The fourth-order valence-corrected chi connectivity index (χ4v) is 0. The van der Waals surface area contributed by atoms with Gasteiger partial charge in [-0.25, -0.2) is 0 Å². The van der Waals surface area contributed by atoms with E-state index in [0.717, 1.165) is 0 Å². The van der Waals surface area contributed by atoms with Gasteiger partial charge in [0, 0.05) is 0 Å². The molecule has 0 fully saturated rings. The summed E-state index contributed by atoms with van der Waals surface area (Å²) in [6.07, 6.45) is 0. The van der Waals surface area contributed by atoms with Gasteiger partial charge < -0.3 is 20.4 Å². The van der Waals surface area contributed by atoms with Crippen LogP contribution >= 0.6 is 0 Å². The summed E-state index contributed by atoms with van der Waals surface area (Å²) >= 11 is 0.333. The van der Waals surface area contributed by atoms with Crippen molar-refractivity contribution in [3.05, 3.63) is 0 Å². The Hall–Kier alpha value is 0.328. The summed E-state index contributed by atoms with van der Waals surface area (Å²) in [4.78, 5) is 0. The van der Waals surface area contributed by atoms with Crippen LogP contribution in [0.4, 0.5) is 0 Å². The Labute approximate surface area is 149 Å². The SMILES string of the molecule is CC(C)(C)O.CC(C)(C)O.CC(C)(C)O.CC(C)(C)O.[O]=[W]. The van der Waals surface area contributed by atoms with E-state index in [0.29, 0.717) is 19.8 Å². The van der Waals surface area contributed by atoms with Gasteiger partial charge in [-0.1, -0.05) is 0 Å². The Morgan fingerprint density at radius 3 is 0.409 bits per heavy atom. The average Bonchev–Trinajstić information content (AvgIpc) is 1.92. The first kappa shape index (κ1) is 33.8. The van der Waals surface area contributed by atoms with Gasteiger partial charge in [0.05, 0.1) is 22.4 Å². The second kappa shape index (κ2) is 14.9. The third-order valence-corrected chi connectivity index (χ3v) is 0. The van der Waals surface area contributed by atoms with E-state index in [1.165, 1.54) is 0 Å². The Balaban J connectivity index is -0.0000000562. The minimum atomic E-state index is -0.500. The molecule has 0 aliphatic carbocycles. The van der Waals surface area contributed by atoms with Gasteiger partial charge in [0.25, 0.3) is 0 Å². The zero-order valence-corrected chi connectivity index (χ0v) is 19.5. The van der Waals surface area contributed by atoms with Gasteiger partial charge in [0.15, 0.2) is 0 Å². The first-order valence-electron chi connectivity index (χ1n) is 7.06. The zero-order valence-electron chi connectivity index (χ0n) is 16.6. The van der Waals surface area contributed by atoms with Crippen LogP contribution in [0.3, 0.4) is 0 Å². The molecule has 0 aliphatic heterocycles. The van der Waals surface area contributed by atoms with Crippen molar-refractivity contribution in [3.63, 3.8) is 0 Å². The predicted molar refractivity (Wildman–Crippen MR) is 88.6 cm³/mol. The van der Waals surface area contributed by atoms with Crippen LogP contribution in [0.2, 0.25) is 0 Å². The number of hydrogen-bond acceptors (Lipinski definition) is 5. The minimum absolute atomic E-state index is 0.333. The van der Waals surface area contributed by atoms with E-state index in [4.69, 9.17) is 23.8 Å². The van der Waals surface area contributed by atoms with Crippen LogP contribution in [0, 0.1) is 0 Å². The van der Waals surface area contributed by atoms with Crippen molar-refractivity contribution in [2.24, 2.45) is 0 Å². The molecule has 22 heavy (non-hydrogen) atoms. The molecular weight excluding hydrogens is 456 g/mol. The molecule has 140 valence electrons. The van der Waals surface area contributed by atoms with E-state index in [-0.39, 0.29) is 0 Å². The maximum absolute atomic E-state index is 8.52. The van der Waals surface area contributed by atoms with Crippen LogP contribution in [0.1, 0.15) is 83.1 Å². The van der Waals surface area contributed by atoms with Crippen LogP contribution < -0.4 is 0 Å². The van der Waals surface area contributed by atoms with Crippen molar-refractivity contribution in [3.8, 4) is 0 Å². The molecule has 0 spiro atoms. The molecule has 0 unspecified atom stereocenters. The average molecular weight is 496 g/mol. The zero-order chi connectivity index (χ0) is 20.0. The van der Waals surface area contributed by atoms with Gasteiger partial charge in [0.1, 0.15) is 0 Å². The molecule has 0 bridgehead atoms. The topological polar surface area (TPSA) is 98.0 Å². The summed E-state index contributed by atoms with van der Waals surface area (Å²) < 4.78 is 8.33. The van der Waals surface area contributed by atoms with Crippen molar-refractivity contribution in [1.29, 1.82) is 0 Å². The Morgan fingerprint density at radius 1 is 0.409 bits per heavy atom. The van der Waals surface area contributed by atoms with Crippen molar-refractivity contribution < 1.29 is 43.6 Å². The summed E-state index contributed by atoms with van der Waals surface area (Å²) in [6, 6.07) is 0. The second-order valence-electron chi connectivity index (χ2n) is 8.68. The fourth-order valence-electron chi connectivity index (χ4n) is 0. The monoisotopic (exact) mass is 496 g/mol. The maximum atomic E-state index is 8.52. The standard InChI is InChI=1S/4C4H10O.O.W/c4*1-4(2,3)5;;/h4*5H,1-3H3;;. The summed E-state index contributed by atoms with van der Waals surface area (Å²) in [5, 5.41) is 34.1. The molecule has 0 aromatic rings. The molecule has 5 nitrogen and oxygen atoms in total.